The first-order valence-corrected chi connectivity index (χ1v) is 8.26. The lowest BCUT2D eigenvalue weighted by molar-refractivity contribution is 0.0924. The van der Waals surface area contributed by atoms with Crippen molar-refractivity contribution in [1.82, 2.24) is 15.3 Å². The van der Waals surface area contributed by atoms with Crippen molar-refractivity contribution in [3.05, 3.63) is 42.2 Å². The van der Waals surface area contributed by atoms with E-state index in [0.29, 0.717) is 17.1 Å². The Kier molecular flexibility index (Phi) is 5.33. The summed E-state index contributed by atoms with van der Waals surface area (Å²) >= 11 is 0. The van der Waals surface area contributed by atoms with E-state index in [4.69, 9.17) is 9.47 Å². The van der Waals surface area contributed by atoms with Crippen LogP contribution in [0.2, 0.25) is 0 Å². The molecule has 0 bridgehead atoms. The maximum atomic E-state index is 12.7. The van der Waals surface area contributed by atoms with Crippen LogP contribution in [-0.4, -0.2) is 49.2 Å². The molecule has 7 heteroatoms. The molecule has 1 fully saturated rings. The molecule has 0 spiro atoms. The molecule has 1 aliphatic heterocycles. The van der Waals surface area contributed by atoms with Gasteiger partial charge in [-0.25, -0.2) is 9.97 Å². The number of nitrogens with one attached hydrogen (secondary N) is 1. The third-order valence-electron chi connectivity index (χ3n) is 4.32. The van der Waals surface area contributed by atoms with Crippen molar-refractivity contribution in [2.45, 2.75) is 18.9 Å². The second kappa shape index (κ2) is 7.83. The maximum absolute atomic E-state index is 12.7. The average Bonchev–Trinajstić information content (AvgIpc) is 2.68. The van der Waals surface area contributed by atoms with Crippen LogP contribution < -0.4 is 19.7 Å². The summed E-state index contributed by atoms with van der Waals surface area (Å²) in [6.07, 6.45) is 5.15. The lowest BCUT2D eigenvalue weighted by Gasteiger charge is -2.32. The number of amides is 1. The molecular weight excluding hydrogens is 320 g/mol. The van der Waals surface area contributed by atoms with Gasteiger partial charge in [-0.05, 0) is 31.0 Å². The van der Waals surface area contributed by atoms with Gasteiger partial charge in [0.1, 0.15) is 17.1 Å². The number of carbonyl (C=O) groups is 1. The molecule has 1 aromatic carbocycles. The van der Waals surface area contributed by atoms with Crippen molar-refractivity contribution < 1.29 is 14.3 Å². The monoisotopic (exact) mass is 342 g/mol. The molecule has 3 rings (SSSR count). The minimum absolute atomic E-state index is 0.0991. The minimum atomic E-state index is -0.177. The Labute approximate surface area is 147 Å². The first kappa shape index (κ1) is 17.0. The van der Waals surface area contributed by atoms with Crippen LogP contribution in [0.1, 0.15) is 23.2 Å². The van der Waals surface area contributed by atoms with Gasteiger partial charge in [-0.3, -0.25) is 4.79 Å². The van der Waals surface area contributed by atoms with Gasteiger partial charge in [0.25, 0.3) is 5.91 Å². The zero-order valence-electron chi connectivity index (χ0n) is 14.4. The Morgan fingerprint density at radius 1 is 1.08 bits per heavy atom. The zero-order valence-corrected chi connectivity index (χ0v) is 14.4. The zero-order chi connectivity index (χ0) is 17.6. The van der Waals surface area contributed by atoms with Gasteiger partial charge in [-0.1, -0.05) is 6.07 Å². The van der Waals surface area contributed by atoms with Gasteiger partial charge in [-0.2, -0.15) is 0 Å². The van der Waals surface area contributed by atoms with Gasteiger partial charge in [0.15, 0.2) is 0 Å². The number of aromatic nitrogens is 2. The van der Waals surface area contributed by atoms with E-state index >= 15 is 0 Å². The maximum Gasteiger partial charge on any atom is 0.259 e. The van der Waals surface area contributed by atoms with Crippen molar-refractivity contribution in [2.24, 2.45) is 0 Å². The normalized spacial score (nSPS) is 14.9. The molecule has 0 saturated carbocycles. The number of benzene rings is 1. The Morgan fingerprint density at radius 2 is 1.68 bits per heavy atom. The van der Waals surface area contributed by atoms with Crippen LogP contribution in [0.3, 0.4) is 0 Å². The van der Waals surface area contributed by atoms with Crippen molar-refractivity contribution >= 4 is 11.9 Å². The van der Waals surface area contributed by atoms with E-state index in [-0.39, 0.29) is 11.9 Å². The molecule has 1 N–H and O–H groups in total. The summed E-state index contributed by atoms with van der Waals surface area (Å²) < 4.78 is 10.6. The largest absolute Gasteiger partial charge is 0.496 e. The van der Waals surface area contributed by atoms with Gasteiger partial charge >= 0.3 is 0 Å². The summed E-state index contributed by atoms with van der Waals surface area (Å²) in [5.74, 6) is 1.57. The number of hydrogen-bond acceptors (Lipinski definition) is 6. The molecule has 1 amide bonds. The molecule has 0 radical (unpaired) electrons. The van der Waals surface area contributed by atoms with Crippen molar-refractivity contribution in [3.63, 3.8) is 0 Å². The van der Waals surface area contributed by atoms with Gasteiger partial charge in [0.2, 0.25) is 5.95 Å². The van der Waals surface area contributed by atoms with Crippen molar-refractivity contribution in [2.75, 3.05) is 32.2 Å². The predicted molar refractivity (Wildman–Crippen MR) is 94.3 cm³/mol. The van der Waals surface area contributed by atoms with Crippen molar-refractivity contribution in [1.29, 1.82) is 0 Å². The summed E-state index contributed by atoms with van der Waals surface area (Å²) in [5.41, 5.74) is 0.432. The Hall–Kier alpha value is -2.83. The molecule has 0 atom stereocenters. The molecular formula is C18H22N4O3. The van der Waals surface area contributed by atoms with Crippen LogP contribution in [0.5, 0.6) is 11.5 Å². The number of carbonyl (C=O) groups excluding carboxylic acids is 1. The summed E-state index contributed by atoms with van der Waals surface area (Å²) in [5, 5.41) is 3.09. The van der Waals surface area contributed by atoms with Crippen molar-refractivity contribution in [3.8, 4) is 11.5 Å². The molecule has 25 heavy (non-hydrogen) atoms. The lowest BCUT2D eigenvalue weighted by atomic mass is 10.0. The van der Waals surface area contributed by atoms with Crippen LogP contribution in [0, 0.1) is 0 Å². The highest BCUT2D eigenvalue weighted by atomic mass is 16.5. The van der Waals surface area contributed by atoms with Gasteiger partial charge in [0.05, 0.1) is 14.2 Å². The molecule has 1 saturated heterocycles. The third kappa shape index (κ3) is 3.81. The van der Waals surface area contributed by atoms with Crippen LogP contribution in [0.4, 0.5) is 5.95 Å². The highest BCUT2D eigenvalue weighted by molar-refractivity contribution is 5.99. The molecule has 1 aliphatic rings. The average molecular weight is 342 g/mol. The Bertz CT molecular complexity index is 693. The summed E-state index contributed by atoms with van der Waals surface area (Å²) in [7, 11) is 3.09. The van der Waals surface area contributed by atoms with E-state index in [9.17, 15) is 4.79 Å². The number of nitrogens with zero attached hydrogens (tertiary/aromatic N) is 3. The van der Waals surface area contributed by atoms with E-state index in [1.807, 2.05) is 0 Å². The predicted octanol–water partition coefficient (Wildman–Crippen LogP) is 1.89. The molecule has 0 unspecified atom stereocenters. The number of rotatable bonds is 5. The fourth-order valence-electron chi connectivity index (χ4n) is 3.01. The first-order chi connectivity index (χ1) is 12.2. The minimum Gasteiger partial charge on any atom is -0.496 e. The Balaban J connectivity index is 1.64. The molecule has 7 nitrogen and oxygen atoms in total. The molecule has 2 heterocycles. The highest BCUT2D eigenvalue weighted by Gasteiger charge is 2.25. The van der Waals surface area contributed by atoms with Crippen LogP contribution in [0.25, 0.3) is 0 Å². The quantitative estimate of drug-likeness (QED) is 0.894. The smallest absolute Gasteiger partial charge is 0.259 e. The summed E-state index contributed by atoms with van der Waals surface area (Å²) in [6, 6.07) is 7.21. The van der Waals surface area contributed by atoms with E-state index < -0.39 is 0 Å². The van der Waals surface area contributed by atoms with Crippen LogP contribution in [-0.2, 0) is 0 Å². The van der Waals surface area contributed by atoms with E-state index in [1.165, 1.54) is 0 Å². The topological polar surface area (TPSA) is 76.6 Å². The second-order valence-electron chi connectivity index (χ2n) is 5.82. The molecule has 0 aliphatic carbocycles. The fraction of sp³-hybridized carbons (Fsp3) is 0.389. The SMILES string of the molecule is COc1cccc(OC)c1C(=O)NC1CCN(c2ncccn2)CC1. The Morgan fingerprint density at radius 3 is 2.24 bits per heavy atom. The standard InChI is InChI=1S/C18H22N4O3/c1-24-14-5-3-6-15(25-2)16(14)17(23)21-13-7-11-22(12-8-13)18-19-9-4-10-20-18/h3-6,9-10,13H,7-8,11-12H2,1-2H3,(H,21,23). The summed E-state index contributed by atoms with van der Waals surface area (Å²) in [4.78, 5) is 23.4. The highest BCUT2D eigenvalue weighted by Crippen LogP contribution is 2.28. The number of hydrogen-bond donors (Lipinski definition) is 1. The number of ether oxygens (including phenoxy) is 2. The van der Waals surface area contributed by atoms with E-state index in [1.54, 1.807) is 50.9 Å². The van der Waals surface area contributed by atoms with Crippen LogP contribution in [0.15, 0.2) is 36.7 Å². The second-order valence-corrected chi connectivity index (χ2v) is 5.82. The number of methoxy groups -OCH3 is 2. The number of piperidine rings is 1. The van der Waals surface area contributed by atoms with Crippen LogP contribution >= 0.6 is 0 Å². The third-order valence-corrected chi connectivity index (χ3v) is 4.32. The lowest BCUT2D eigenvalue weighted by Crippen LogP contribution is -2.45. The molecule has 2 aromatic rings. The molecule has 1 aromatic heterocycles. The fourth-order valence-corrected chi connectivity index (χ4v) is 3.01. The van der Waals surface area contributed by atoms with Gasteiger partial charge in [0, 0.05) is 31.5 Å². The van der Waals surface area contributed by atoms with E-state index in [0.717, 1.165) is 31.9 Å². The van der Waals surface area contributed by atoms with Gasteiger partial charge in [-0.15, -0.1) is 0 Å². The first-order valence-electron chi connectivity index (χ1n) is 8.26. The van der Waals surface area contributed by atoms with E-state index in [2.05, 4.69) is 20.2 Å². The summed E-state index contributed by atoms with van der Waals surface area (Å²) in [6.45, 7) is 1.61. The van der Waals surface area contributed by atoms with Gasteiger partial charge < -0.3 is 19.7 Å². The number of anilines is 1. The molecule has 132 valence electrons.